The van der Waals surface area contributed by atoms with E-state index in [4.69, 9.17) is 5.73 Å². The second-order valence-electron chi connectivity index (χ2n) is 3.11. The summed E-state index contributed by atoms with van der Waals surface area (Å²) in [6, 6.07) is 4.16. The zero-order chi connectivity index (χ0) is 11.8. The van der Waals surface area contributed by atoms with Gasteiger partial charge in [0.1, 0.15) is 0 Å². The van der Waals surface area contributed by atoms with Gasteiger partial charge >= 0.3 is 6.29 Å². The van der Waals surface area contributed by atoms with Crippen molar-refractivity contribution in [3.05, 3.63) is 29.8 Å². The minimum absolute atomic E-state index is 0.0405. The molecule has 1 aromatic carbocycles. The van der Waals surface area contributed by atoms with E-state index in [9.17, 15) is 13.6 Å². The summed E-state index contributed by atoms with van der Waals surface area (Å²) in [5.41, 5.74) is 5.41. The standard InChI is InChI=1S/C10H7F2NO3/c11-10(12)15-7-3-1-6(2-4-9(13)14)5-8(7)16-10/h1-5H,(H2,13,14)/b4-2-. The summed E-state index contributed by atoms with van der Waals surface area (Å²) >= 11 is 0. The van der Waals surface area contributed by atoms with Crippen LogP contribution in [0.5, 0.6) is 11.5 Å². The molecule has 0 aromatic heterocycles. The van der Waals surface area contributed by atoms with Gasteiger partial charge in [-0.3, -0.25) is 4.79 Å². The van der Waals surface area contributed by atoms with Crippen LogP contribution in [0.3, 0.4) is 0 Å². The Hall–Kier alpha value is -2.11. The predicted molar refractivity (Wildman–Crippen MR) is 50.9 cm³/mol. The highest BCUT2D eigenvalue weighted by Crippen LogP contribution is 2.41. The quantitative estimate of drug-likeness (QED) is 0.779. The van der Waals surface area contributed by atoms with Crippen molar-refractivity contribution in [2.45, 2.75) is 6.29 Å². The van der Waals surface area contributed by atoms with E-state index in [1.165, 1.54) is 24.3 Å². The Bertz CT molecular complexity index is 471. The molecule has 2 rings (SSSR count). The van der Waals surface area contributed by atoms with Crippen molar-refractivity contribution in [3.63, 3.8) is 0 Å². The number of alkyl halides is 2. The molecule has 0 radical (unpaired) electrons. The fourth-order valence-corrected chi connectivity index (χ4v) is 1.25. The molecule has 1 heterocycles. The summed E-state index contributed by atoms with van der Waals surface area (Å²) in [6.07, 6.45) is -1.12. The van der Waals surface area contributed by atoms with Crippen LogP contribution in [0.4, 0.5) is 8.78 Å². The van der Waals surface area contributed by atoms with Crippen molar-refractivity contribution in [2.24, 2.45) is 5.73 Å². The van der Waals surface area contributed by atoms with Crippen molar-refractivity contribution in [3.8, 4) is 11.5 Å². The number of rotatable bonds is 2. The average molecular weight is 227 g/mol. The summed E-state index contributed by atoms with van der Waals surface area (Å²) in [5, 5.41) is 0. The maximum absolute atomic E-state index is 12.6. The summed E-state index contributed by atoms with van der Waals surface area (Å²) in [5.74, 6) is -0.735. The first-order chi connectivity index (χ1) is 7.46. The summed E-state index contributed by atoms with van der Waals surface area (Å²) < 4.78 is 33.7. The van der Waals surface area contributed by atoms with Crippen molar-refractivity contribution < 1.29 is 23.0 Å². The second kappa shape index (κ2) is 3.48. The normalized spacial score (nSPS) is 16.6. The first kappa shape index (κ1) is 10.4. The molecule has 84 valence electrons. The lowest BCUT2D eigenvalue weighted by molar-refractivity contribution is -0.286. The monoisotopic (exact) mass is 227 g/mol. The van der Waals surface area contributed by atoms with Crippen LogP contribution in [0.15, 0.2) is 24.3 Å². The molecule has 16 heavy (non-hydrogen) atoms. The minimum atomic E-state index is -3.63. The molecule has 0 bridgehead atoms. The highest BCUT2D eigenvalue weighted by atomic mass is 19.3. The molecule has 0 fully saturated rings. The van der Waals surface area contributed by atoms with Crippen molar-refractivity contribution in [2.75, 3.05) is 0 Å². The van der Waals surface area contributed by atoms with Gasteiger partial charge < -0.3 is 15.2 Å². The fourth-order valence-electron chi connectivity index (χ4n) is 1.25. The molecule has 0 atom stereocenters. The van der Waals surface area contributed by atoms with E-state index in [0.717, 1.165) is 6.08 Å². The Labute approximate surface area is 89.3 Å². The van der Waals surface area contributed by atoms with Gasteiger partial charge in [0.05, 0.1) is 0 Å². The number of amides is 1. The minimum Gasteiger partial charge on any atom is -0.395 e. The number of halogens is 2. The van der Waals surface area contributed by atoms with Gasteiger partial charge in [0.25, 0.3) is 0 Å². The lowest BCUT2D eigenvalue weighted by Gasteiger charge is -2.04. The van der Waals surface area contributed by atoms with Gasteiger partial charge in [-0.15, -0.1) is 8.78 Å². The van der Waals surface area contributed by atoms with E-state index >= 15 is 0 Å². The smallest absolute Gasteiger partial charge is 0.395 e. The van der Waals surface area contributed by atoms with Gasteiger partial charge in [-0.05, 0) is 23.8 Å². The number of carbonyl (C=O) groups is 1. The predicted octanol–water partition coefficient (Wildman–Crippen LogP) is 1.51. The van der Waals surface area contributed by atoms with Crippen molar-refractivity contribution in [1.82, 2.24) is 0 Å². The highest BCUT2D eigenvalue weighted by molar-refractivity contribution is 5.90. The van der Waals surface area contributed by atoms with Crippen LogP contribution in [0, 0.1) is 0 Å². The van der Waals surface area contributed by atoms with E-state index in [-0.39, 0.29) is 11.5 Å². The van der Waals surface area contributed by atoms with Crippen LogP contribution in [-0.2, 0) is 4.79 Å². The molecule has 0 aliphatic carbocycles. The number of hydrogen-bond donors (Lipinski definition) is 1. The molecule has 1 aliphatic rings. The number of fused-ring (bicyclic) bond motifs is 1. The maximum Gasteiger partial charge on any atom is 0.586 e. The maximum atomic E-state index is 12.6. The molecule has 0 spiro atoms. The number of ether oxygens (including phenoxy) is 2. The number of primary amides is 1. The van der Waals surface area contributed by atoms with Crippen LogP contribution < -0.4 is 15.2 Å². The zero-order valence-electron chi connectivity index (χ0n) is 7.94. The van der Waals surface area contributed by atoms with Crippen LogP contribution in [0.1, 0.15) is 5.56 Å². The van der Waals surface area contributed by atoms with Gasteiger partial charge in [0, 0.05) is 6.08 Å². The molecule has 1 amide bonds. The lowest BCUT2D eigenvalue weighted by Crippen LogP contribution is -2.25. The van der Waals surface area contributed by atoms with Crippen molar-refractivity contribution in [1.29, 1.82) is 0 Å². The Kier molecular flexibility index (Phi) is 2.26. The van der Waals surface area contributed by atoms with E-state index in [0.29, 0.717) is 5.56 Å². The number of hydrogen-bond acceptors (Lipinski definition) is 3. The van der Waals surface area contributed by atoms with Crippen LogP contribution >= 0.6 is 0 Å². The molecule has 4 nitrogen and oxygen atoms in total. The summed E-state index contributed by atoms with van der Waals surface area (Å²) in [7, 11) is 0. The number of carbonyl (C=O) groups excluding carboxylic acids is 1. The highest BCUT2D eigenvalue weighted by Gasteiger charge is 2.43. The van der Waals surface area contributed by atoms with E-state index in [2.05, 4.69) is 9.47 Å². The zero-order valence-corrected chi connectivity index (χ0v) is 7.94. The Morgan fingerprint density at radius 2 is 2.00 bits per heavy atom. The lowest BCUT2D eigenvalue weighted by atomic mass is 10.2. The van der Waals surface area contributed by atoms with Crippen LogP contribution in [-0.4, -0.2) is 12.2 Å². The Morgan fingerprint density at radius 1 is 1.31 bits per heavy atom. The summed E-state index contributed by atoms with van der Waals surface area (Å²) in [6.45, 7) is 0. The average Bonchev–Trinajstić information content (AvgIpc) is 2.47. The molecule has 1 aromatic rings. The van der Waals surface area contributed by atoms with Gasteiger partial charge in [-0.2, -0.15) is 0 Å². The van der Waals surface area contributed by atoms with E-state index in [1.807, 2.05) is 0 Å². The molecule has 0 saturated heterocycles. The van der Waals surface area contributed by atoms with E-state index in [1.54, 1.807) is 0 Å². The molecule has 0 unspecified atom stereocenters. The Morgan fingerprint density at radius 3 is 2.69 bits per heavy atom. The Balaban J connectivity index is 2.26. The summed E-state index contributed by atoms with van der Waals surface area (Å²) in [4.78, 5) is 10.5. The molecular weight excluding hydrogens is 220 g/mol. The molecule has 1 aliphatic heterocycles. The third kappa shape index (κ3) is 2.10. The second-order valence-corrected chi connectivity index (χ2v) is 3.11. The largest absolute Gasteiger partial charge is 0.586 e. The topological polar surface area (TPSA) is 61.6 Å². The molecule has 2 N–H and O–H groups in total. The SMILES string of the molecule is NC(=O)/C=C\c1ccc2c(c1)OC(F)(F)O2. The van der Waals surface area contributed by atoms with Gasteiger partial charge in [-0.1, -0.05) is 6.07 Å². The van der Waals surface area contributed by atoms with Gasteiger partial charge in [0.2, 0.25) is 5.91 Å². The third-order valence-corrected chi connectivity index (χ3v) is 1.87. The van der Waals surface area contributed by atoms with Crippen LogP contribution in [0.2, 0.25) is 0 Å². The van der Waals surface area contributed by atoms with Gasteiger partial charge in [-0.25, -0.2) is 0 Å². The molecule has 6 heteroatoms. The van der Waals surface area contributed by atoms with Crippen LogP contribution in [0.25, 0.3) is 6.08 Å². The molecular formula is C10H7F2NO3. The number of nitrogens with two attached hydrogens (primary N) is 1. The van der Waals surface area contributed by atoms with Gasteiger partial charge in [0.15, 0.2) is 11.5 Å². The third-order valence-electron chi connectivity index (χ3n) is 1.87. The molecule has 0 saturated carbocycles. The first-order valence-corrected chi connectivity index (χ1v) is 4.34. The van der Waals surface area contributed by atoms with E-state index < -0.39 is 12.2 Å². The fraction of sp³-hybridized carbons (Fsp3) is 0.100. The van der Waals surface area contributed by atoms with Crippen molar-refractivity contribution >= 4 is 12.0 Å². The number of benzene rings is 1. The first-order valence-electron chi connectivity index (χ1n) is 4.34.